The molecule has 4 heteroatoms. The van der Waals surface area contributed by atoms with Gasteiger partial charge >= 0.3 is 0 Å². The van der Waals surface area contributed by atoms with Gasteiger partial charge in [-0.3, -0.25) is 0 Å². The van der Waals surface area contributed by atoms with Crippen molar-refractivity contribution in [1.29, 1.82) is 0 Å². The van der Waals surface area contributed by atoms with Crippen LogP contribution in [0.4, 0.5) is 8.78 Å². The van der Waals surface area contributed by atoms with Gasteiger partial charge in [0.25, 0.3) is 0 Å². The molecule has 1 saturated heterocycles. The molecule has 1 fully saturated rings. The first-order chi connectivity index (χ1) is 9.22. The topological polar surface area (TPSA) is 21.3 Å². The number of rotatable bonds is 5. The summed E-state index contributed by atoms with van der Waals surface area (Å²) in [7, 11) is 0. The van der Waals surface area contributed by atoms with Crippen LogP contribution in [0.5, 0.6) is 0 Å². The molecule has 0 spiro atoms. The molecular formula is C15H21F2NO. The van der Waals surface area contributed by atoms with E-state index in [4.69, 9.17) is 4.74 Å². The Balaban J connectivity index is 2.22. The molecule has 2 rings (SSSR count). The van der Waals surface area contributed by atoms with Crippen molar-refractivity contribution in [3.8, 4) is 0 Å². The summed E-state index contributed by atoms with van der Waals surface area (Å²) >= 11 is 0. The molecule has 106 valence electrons. The van der Waals surface area contributed by atoms with E-state index in [1.54, 1.807) is 0 Å². The summed E-state index contributed by atoms with van der Waals surface area (Å²) in [5.74, 6) is -0.412. The Morgan fingerprint density at radius 3 is 2.74 bits per heavy atom. The van der Waals surface area contributed by atoms with E-state index in [9.17, 15) is 8.78 Å². The molecule has 1 unspecified atom stereocenters. The van der Waals surface area contributed by atoms with Crippen molar-refractivity contribution < 1.29 is 13.5 Å². The average Bonchev–Trinajstić information content (AvgIpc) is 2.44. The lowest BCUT2D eigenvalue weighted by molar-refractivity contribution is 0.0531. The summed E-state index contributed by atoms with van der Waals surface area (Å²) in [4.78, 5) is 0. The quantitative estimate of drug-likeness (QED) is 0.884. The predicted octanol–water partition coefficient (Wildman–Crippen LogP) is 3.43. The van der Waals surface area contributed by atoms with Gasteiger partial charge in [0.1, 0.15) is 11.6 Å². The maximum Gasteiger partial charge on any atom is 0.128 e. The number of ether oxygens (including phenoxy) is 1. The number of hydrogen-bond donors (Lipinski definition) is 1. The van der Waals surface area contributed by atoms with Gasteiger partial charge in [0.15, 0.2) is 0 Å². The first-order valence-corrected chi connectivity index (χ1v) is 6.98. The van der Waals surface area contributed by atoms with Crippen LogP contribution in [0.25, 0.3) is 0 Å². The minimum atomic E-state index is -0.383. The Hall–Kier alpha value is -1.00. The molecule has 0 amide bonds. The van der Waals surface area contributed by atoms with E-state index in [1.165, 1.54) is 18.2 Å². The molecule has 0 aliphatic carbocycles. The van der Waals surface area contributed by atoms with Crippen molar-refractivity contribution >= 4 is 0 Å². The third-order valence-electron chi connectivity index (χ3n) is 3.64. The Kier molecular flexibility index (Phi) is 5.28. The minimum absolute atomic E-state index is 0.125. The van der Waals surface area contributed by atoms with E-state index in [0.29, 0.717) is 24.7 Å². The van der Waals surface area contributed by atoms with E-state index in [0.717, 1.165) is 25.8 Å². The van der Waals surface area contributed by atoms with Gasteiger partial charge in [0, 0.05) is 24.8 Å². The molecule has 0 saturated carbocycles. The van der Waals surface area contributed by atoms with Crippen molar-refractivity contribution in [2.45, 2.75) is 32.2 Å². The average molecular weight is 269 g/mol. The van der Waals surface area contributed by atoms with E-state index >= 15 is 0 Å². The molecule has 1 atom stereocenters. The van der Waals surface area contributed by atoms with Gasteiger partial charge in [0.2, 0.25) is 0 Å². The van der Waals surface area contributed by atoms with Gasteiger partial charge in [-0.05, 0) is 49.9 Å². The molecule has 1 heterocycles. The highest BCUT2D eigenvalue weighted by Crippen LogP contribution is 2.31. The van der Waals surface area contributed by atoms with Crippen molar-refractivity contribution in [3.63, 3.8) is 0 Å². The van der Waals surface area contributed by atoms with Crippen LogP contribution in [0.15, 0.2) is 18.2 Å². The summed E-state index contributed by atoms with van der Waals surface area (Å²) in [6.45, 7) is 4.27. The molecule has 1 N–H and O–H groups in total. The highest BCUT2D eigenvalue weighted by atomic mass is 19.1. The maximum atomic E-state index is 14.0. The predicted molar refractivity (Wildman–Crippen MR) is 70.9 cm³/mol. The Bertz CT molecular complexity index is 405. The van der Waals surface area contributed by atoms with Crippen molar-refractivity contribution in [3.05, 3.63) is 35.4 Å². The molecule has 1 aliphatic heterocycles. The molecule has 0 radical (unpaired) electrons. The van der Waals surface area contributed by atoms with Crippen LogP contribution in [0.3, 0.4) is 0 Å². The van der Waals surface area contributed by atoms with Crippen LogP contribution in [-0.4, -0.2) is 19.8 Å². The lowest BCUT2D eigenvalue weighted by Crippen LogP contribution is -2.33. The fraction of sp³-hybridized carbons (Fsp3) is 0.600. The summed E-state index contributed by atoms with van der Waals surface area (Å²) in [6, 6.07) is 3.57. The summed E-state index contributed by atoms with van der Waals surface area (Å²) in [5, 5.41) is 3.36. The number of benzene rings is 1. The van der Waals surface area contributed by atoms with Crippen molar-refractivity contribution in [2.24, 2.45) is 5.92 Å². The highest BCUT2D eigenvalue weighted by molar-refractivity contribution is 5.23. The van der Waals surface area contributed by atoms with Gasteiger partial charge in [-0.25, -0.2) is 8.78 Å². The Labute approximate surface area is 113 Å². The SMILES string of the molecule is CCCNC(c1cc(F)ccc1F)C1CCOCC1. The normalized spacial score (nSPS) is 18.5. The van der Waals surface area contributed by atoms with Crippen LogP contribution in [0.1, 0.15) is 37.8 Å². The van der Waals surface area contributed by atoms with Crippen LogP contribution < -0.4 is 5.32 Å². The Morgan fingerprint density at radius 1 is 1.32 bits per heavy atom. The zero-order valence-corrected chi connectivity index (χ0v) is 11.3. The molecule has 0 aromatic heterocycles. The lowest BCUT2D eigenvalue weighted by atomic mass is 9.86. The first kappa shape index (κ1) is 14.4. The highest BCUT2D eigenvalue weighted by Gasteiger charge is 2.27. The molecule has 1 aromatic carbocycles. The van der Waals surface area contributed by atoms with Gasteiger partial charge < -0.3 is 10.1 Å². The monoisotopic (exact) mass is 269 g/mol. The summed E-state index contributed by atoms with van der Waals surface area (Å²) in [5.41, 5.74) is 0.445. The zero-order chi connectivity index (χ0) is 13.7. The molecular weight excluding hydrogens is 248 g/mol. The van der Waals surface area contributed by atoms with Crippen LogP contribution in [-0.2, 0) is 4.74 Å². The zero-order valence-electron chi connectivity index (χ0n) is 11.3. The molecule has 19 heavy (non-hydrogen) atoms. The fourth-order valence-electron chi connectivity index (χ4n) is 2.63. The number of nitrogens with one attached hydrogen (secondary N) is 1. The maximum absolute atomic E-state index is 14.0. The fourth-order valence-corrected chi connectivity index (χ4v) is 2.63. The second-order valence-electron chi connectivity index (χ2n) is 5.05. The smallest absolute Gasteiger partial charge is 0.128 e. The Morgan fingerprint density at radius 2 is 2.05 bits per heavy atom. The third-order valence-corrected chi connectivity index (χ3v) is 3.64. The van der Waals surface area contributed by atoms with E-state index in [2.05, 4.69) is 12.2 Å². The second kappa shape index (κ2) is 6.96. The van der Waals surface area contributed by atoms with Crippen LogP contribution in [0.2, 0.25) is 0 Å². The van der Waals surface area contributed by atoms with Gasteiger partial charge in [-0.2, -0.15) is 0 Å². The van der Waals surface area contributed by atoms with Crippen LogP contribution in [0, 0.1) is 17.6 Å². The summed E-state index contributed by atoms with van der Waals surface area (Å²) in [6.07, 6.45) is 2.74. The van der Waals surface area contributed by atoms with Gasteiger partial charge in [0.05, 0.1) is 0 Å². The van der Waals surface area contributed by atoms with Crippen LogP contribution >= 0.6 is 0 Å². The third kappa shape index (κ3) is 3.74. The lowest BCUT2D eigenvalue weighted by Gasteiger charge is -2.31. The molecule has 2 nitrogen and oxygen atoms in total. The van der Waals surface area contributed by atoms with E-state index in [-0.39, 0.29) is 17.7 Å². The minimum Gasteiger partial charge on any atom is -0.381 e. The molecule has 0 bridgehead atoms. The van der Waals surface area contributed by atoms with Crippen molar-refractivity contribution in [1.82, 2.24) is 5.32 Å². The number of halogens is 2. The summed E-state index contributed by atoms with van der Waals surface area (Å²) < 4.78 is 32.7. The largest absolute Gasteiger partial charge is 0.381 e. The second-order valence-corrected chi connectivity index (χ2v) is 5.05. The molecule has 1 aliphatic rings. The number of hydrogen-bond acceptors (Lipinski definition) is 2. The van der Waals surface area contributed by atoms with Gasteiger partial charge in [-0.1, -0.05) is 6.92 Å². The van der Waals surface area contributed by atoms with E-state index in [1.807, 2.05) is 0 Å². The van der Waals surface area contributed by atoms with Crippen molar-refractivity contribution in [2.75, 3.05) is 19.8 Å². The standard InChI is InChI=1S/C15H21F2NO/c1-2-7-18-15(11-5-8-19-9-6-11)13-10-12(16)3-4-14(13)17/h3-4,10-11,15,18H,2,5-9H2,1H3. The molecule has 1 aromatic rings. The van der Waals surface area contributed by atoms with Gasteiger partial charge in [-0.15, -0.1) is 0 Å². The first-order valence-electron chi connectivity index (χ1n) is 6.98. The van der Waals surface area contributed by atoms with E-state index < -0.39 is 0 Å².